The minimum Gasteiger partial charge on any atom is -0.478 e. The number of hydrogen-bond donors (Lipinski definition) is 2. The van der Waals surface area contributed by atoms with Crippen molar-refractivity contribution in [2.75, 3.05) is 0 Å². The molecule has 0 aliphatic rings. The summed E-state index contributed by atoms with van der Waals surface area (Å²) in [6.45, 7) is 0. The topological polar surface area (TPSA) is 95.9 Å². The monoisotopic (exact) mass is 353 g/mol. The number of nitrogens with zero attached hydrogens (tertiary/aromatic N) is 2. The molecule has 0 atom stereocenters. The standard InChI is InChI=1S/C18H15N3O3S/c22-16-15(10-12-4-2-1-3-5-12)20-21-18(19-16)25-11-13-6-8-14(9-7-13)17(23)24/h1-9H,10-11H2,(H,23,24)(H,19,21,22). The molecule has 2 aromatic carbocycles. The largest absolute Gasteiger partial charge is 0.478 e. The lowest BCUT2D eigenvalue weighted by Gasteiger charge is -2.03. The molecule has 0 unspecified atom stereocenters. The number of aromatic carboxylic acids is 1. The van der Waals surface area contributed by atoms with E-state index in [4.69, 9.17) is 5.11 Å². The maximum absolute atomic E-state index is 12.1. The van der Waals surface area contributed by atoms with Crippen molar-refractivity contribution in [3.8, 4) is 0 Å². The number of aromatic nitrogens is 3. The zero-order valence-corrected chi connectivity index (χ0v) is 14.0. The van der Waals surface area contributed by atoms with E-state index in [-0.39, 0.29) is 11.1 Å². The van der Waals surface area contributed by atoms with Gasteiger partial charge in [-0.2, -0.15) is 0 Å². The molecule has 0 aliphatic heterocycles. The van der Waals surface area contributed by atoms with Crippen molar-refractivity contribution >= 4 is 17.7 Å². The first-order valence-electron chi connectivity index (χ1n) is 7.56. The number of H-pyrrole nitrogens is 1. The number of rotatable bonds is 6. The lowest BCUT2D eigenvalue weighted by molar-refractivity contribution is 0.0697. The molecule has 0 fully saturated rings. The molecule has 3 rings (SSSR count). The number of carboxylic acids is 1. The fourth-order valence-corrected chi connectivity index (χ4v) is 2.97. The van der Waals surface area contributed by atoms with Crippen LogP contribution in [0.15, 0.2) is 64.5 Å². The third-order valence-electron chi connectivity index (χ3n) is 3.53. The van der Waals surface area contributed by atoms with Crippen LogP contribution in [-0.4, -0.2) is 26.3 Å². The third kappa shape index (κ3) is 4.54. The normalized spacial score (nSPS) is 10.6. The van der Waals surface area contributed by atoms with E-state index < -0.39 is 5.97 Å². The van der Waals surface area contributed by atoms with Crippen molar-refractivity contribution in [3.63, 3.8) is 0 Å². The Hall–Kier alpha value is -2.93. The first kappa shape index (κ1) is 16.9. The first-order chi connectivity index (χ1) is 12.1. The maximum atomic E-state index is 12.1. The average molecular weight is 353 g/mol. The molecular weight excluding hydrogens is 338 g/mol. The minimum absolute atomic E-state index is 0.243. The fourth-order valence-electron chi connectivity index (χ4n) is 2.21. The van der Waals surface area contributed by atoms with Gasteiger partial charge in [0.15, 0.2) is 5.16 Å². The van der Waals surface area contributed by atoms with Crippen molar-refractivity contribution in [2.24, 2.45) is 0 Å². The second-order valence-electron chi connectivity index (χ2n) is 5.36. The van der Waals surface area contributed by atoms with E-state index in [0.717, 1.165) is 11.1 Å². The van der Waals surface area contributed by atoms with Crippen molar-refractivity contribution in [2.45, 2.75) is 17.3 Å². The van der Waals surface area contributed by atoms with Gasteiger partial charge >= 0.3 is 5.97 Å². The highest BCUT2D eigenvalue weighted by atomic mass is 32.2. The molecule has 0 radical (unpaired) electrons. The molecule has 126 valence electrons. The third-order valence-corrected chi connectivity index (χ3v) is 4.47. The molecule has 0 spiro atoms. The summed E-state index contributed by atoms with van der Waals surface area (Å²) in [5.74, 6) is -0.397. The molecule has 7 heteroatoms. The molecule has 1 heterocycles. The molecule has 0 saturated heterocycles. The predicted octanol–water partition coefficient (Wildman–Crippen LogP) is 2.75. The molecule has 1 aromatic heterocycles. The van der Waals surface area contributed by atoms with Gasteiger partial charge in [-0.1, -0.05) is 54.2 Å². The SMILES string of the molecule is O=C(O)c1ccc(CSc2nnc(Cc3ccccc3)c(=O)[nH]2)cc1. The Morgan fingerprint density at radius 3 is 2.36 bits per heavy atom. The van der Waals surface area contributed by atoms with Crippen LogP contribution in [0.4, 0.5) is 0 Å². The highest BCUT2D eigenvalue weighted by molar-refractivity contribution is 7.98. The number of carbonyl (C=O) groups is 1. The highest BCUT2D eigenvalue weighted by Gasteiger charge is 2.07. The van der Waals surface area contributed by atoms with E-state index in [9.17, 15) is 9.59 Å². The van der Waals surface area contributed by atoms with Gasteiger partial charge in [-0.15, -0.1) is 10.2 Å². The molecule has 25 heavy (non-hydrogen) atoms. The van der Waals surface area contributed by atoms with Gasteiger partial charge in [0.2, 0.25) is 0 Å². The number of hydrogen-bond acceptors (Lipinski definition) is 5. The van der Waals surface area contributed by atoms with Gasteiger partial charge in [0.1, 0.15) is 5.69 Å². The van der Waals surface area contributed by atoms with Crippen LogP contribution in [0.2, 0.25) is 0 Å². The quantitative estimate of drug-likeness (QED) is 0.662. The van der Waals surface area contributed by atoms with Gasteiger partial charge in [-0.3, -0.25) is 9.78 Å². The van der Waals surface area contributed by atoms with Crippen molar-refractivity contribution in [1.29, 1.82) is 0 Å². The number of nitrogens with one attached hydrogen (secondary N) is 1. The Labute approximate surface area is 148 Å². The van der Waals surface area contributed by atoms with E-state index in [1.807, 2.05) is 30.3 Å². The van der Waals surface area contributed by atoms with Crippen LogP contribution in [0.5, 0.6) is 0 Å². The summed E-state index contributed by atoms with van der Waals surface area (Å²) in [4.78, 5) is 25.7. The molecule has 0 aliphatic carbocycles. The first-order valence-corrected chi connectivity index (χ1v) is 8.55. The number of thioether (sulfide) groups is 1. The van der Waals surface area contributed by atoms with Crippen molar-refractivity contribution in [3.05, 3.63) is 87.3 Å². The summed E-state index contributed by atoms with van der Waals surface area (Å²) in [5.41, 5.74) is 2.31. The molecule has 6 nitrogen and oxygen atoms in total. The van der Waals surface area contributed by atoms with Gasteiger partial charge in [0.25, 0.3) is 5.56 Å². The zero-order valence-electron chi connectivity index (χ0n) is 13.2. The Balaban J connectivity index is 1.64. The molecule has 2 N–H and O–H groups in total. The van der Waals surface area contributed by atoms with E-state index >= 15 is 0 Å². The predicted molar refractivity (Wildman–Crippen MR) is 94.9 cm³/mol. The van der Waals surface area contributed by atoms with E-state index in [1.165, 1.54) is 11.8 Å². The Morgan fingerprint density at radius 1 is 1.00 bits per heavy atom. The summed E-state index contributed by atoms with van der Waals surface area (Å²) in [6.07, 6.45) is 0.435. The van der Waals surface area contributed by atoms with Crippen LogP contribution in [-0.2, 0) is 12.2 Å². The molecule has 0 amide bonds. The second kappa shape index (κ2) is 7.76. The minimum atomic E-state index is -0.955. The maximum Gasteiger partial charge on any atom is 0.335 e. The van der Waals surface area contributed by atoms with Crippen molar-refractivity contribution in [1.82, 2.24) is 15.2 Å². The smallest absolute Gasteiger partial charge is 0.335 e. The van der Waals surface area contributed by atoms with Crippen LogP contribution in [0.1, 0.15) is 27.2 Å². The zero-order chi connectivity index (χ0) is 17.6. The summed E-state index contributed by atoms with van der Waals surface area (Å²) in [7, 11) is 0. The molecule has 0 bridgehead atoms. The summed E-state index contributed by atoms with van der Waals surface area (Å²) in [5, 5.41) is 17.4. The van der Waals surface area contributed by atoms with E-state index in [2.05, 4.69) is 15.2 Å². The van der Waals surface area contributed by atoms with E-state index in [0.29, 0.717) is 23.0 Å². The highest BCUT2D eigenvalue weighted by Crippen LogP contribution is 2.18. The van der Waals surface area contributed by atoms with Crippen LogP contribution in [0.3, 0.4) is 0 Å². The second-order valence-corrected chi connectivity index (χ2v) is 6.32. The Kier molecular flexibility index (Phi) is 5.25. The van der Waals surface area contributed by atoms with Gasteiger partial charge in [0.05, 0.1) is 5.56 Å². The lowest BCUT2D eigenvalue weighted by Crippen LogP contribution is -2.17. The fraction of sp³-hybridized carbons (Fsp3) is 0.111. The summed E-state index contributed by atoms with van der Waals surface area (Å²) < 4.78 is 0. The summed E-state index contributed by atoms with van der Waals surface area (Å²) >= 11 is 1.34. The van der Waals surface area contributed by atoms with Gasteiger partial charge < -0.3 is 5.11 Å². The summed E-state index contributed by atoms with van der Waals surface area (Å²) in [6, 6.07) is 16.2. The molecular formula is C18H15N3O3S. The Morgan fingerprint density at radius 2 is 1.72 bits per heavy atom. The van der Waals surface area contributed by atoms with Gasteiger partial charge in [-0.25, -0.2) is 4.79 Å². The molecule has 0 saturated carbocycles. The Bertz CT molecular complexity index is 924. The average Bonchev–Trinajstić information content (AvgIpc) is 2.63. The molecule has 3 aromatic rings. The van der Waals surface area contributed by atoms with Gasteiger partial charge in [0, 0.05) is 12.2 Å². The van der Waals surface area contributed by atoms with Crippen molar-refractivity contribution < 1.29 is 9.90 Å². The van der Waals surface area contributed by atoms with Gasteiger partial charge in [-0.05, 0) is 23.3 Å². The van der Waals surface area contributed by atoms with Crippen LogP contribution < -0.4 is 5.56 Å². The number of aromatic amines is 1. The van der Waals surface area contributed by atoms with Crippen LogP contribution in [0, 0.1) is 0 Å². The van der Waals surface area contributed by atoms with Crippen LogP contribution >= 0.6 is 11.8 Å². The number of carboxylic acid groups (broad SMARTS) is 1. The number of benzene rings is 2. The lowest BCUT2D eigenvalue weighted by atomic mass is 10.1. The van der Waals surface area contributed by atoms with E-state index in [1.54, 1.807) is 24.3 Å². The van der Waals surface area contributed by atoms with Crippen LogP contribution in [0.25, 0.3) is 0 Å².